The van der Waals surface area contributed by atoms with Gasteiger partial charge in [-0.05, 0) is 19.5 Å². The van der Waals surface area contributed by atoms with Crippen molar-refractivity contribution in [1.29, 1.82) is 0 Å². The van der Waals surface area contributed by atoms with Gasteiger partial charge in [-0.3, -0.25) is 4.79 Å². The van der Waals surface area contributed by atoms with Gasteiger partial charge in [-0.25, -0.2) is 13.6 Å². The maximum absolute atomic E-state index is 13.6. The van der Waals surface area contributed by atoms with Crippen molar-refractivity contribution < 1.29 is 23.1 Å². The molecule has 0 aromatic heterocycles. The third-order valence-electron chi connectivity index (χ3n) is 2.78. The van der Waals surface area contributed by atoms with Gasteiger partial charge in [0.05, 0.1) is 18.4 Å². The van der Waals surface area contributed by atoms with Crippen molar-refractivity contribution >= 4 is 17.6 Å². The fourth-order valence-electron chi connectivity index (χ4n) is 1.81. The second kappa shape index (κ2) is 7.68. The van der Waals surface area contributed by atoms with Crippen LogP contribution in [0.4, 0.5) is 14.5 Å². The number of anilines is 1. The maximum atomic E-state index is 13.6. The van der Waals surface area contributed by atoms with E-state index in [9.17, 15) is 18.4 Å². The van der Waals surface area contributed by atoms with Crippen molar-refractivity contribution in [2.24, 2.45) is 0 Å². The number of carbonyl (C=O) groups is 2. The molecule has 21 heavy (non-hydrogen) atoms. The Kier molecular flexibility index (Phi) is 6.23. The van der Waals surface area contributed by atoms with Crippen LogP contribution in [0.1, 0.15) is 30.6 Å². The first kappa shape index (κ1) is 17.0. The first-order chi connectivity index (χ1) is 9.88. The van der Waals surface area contributed by atoms with E-state index < -0.39 is 29.1 Å². The molecule has 2 N–H and O–H groups in total. The molecule has 0 saturated carbocycles. The zero-order chi connectivity index (χ0) is 16.0. The van der Waals surface area contributed by atoms with Crippen LogP contribution in [0.3, 0.4) is 0 Å². The lowest BCUT2D eigenvalue weighted by atomic mass is 10.1. The van der Waals surface area contributed by atoms with Crippen LogP contribution in [0.25, 0.3) is 0 Å². The molecule has 0 heterocycles. The molecule has 0 radical (unpaired) electrons. The average Bonchev–Trinajstić information content (AvgIpc) is 2.41. The van der Waals surface area contributed by atoms with Crippen molar-refractivity contribution in [2.75, 3.05) is 19.0 Å². The highest BCUT2D eigenvalue weighted by molar-refractivity contribution is 5.95. The number of methoxy groups -OCH3 is 1. The molecule has 1 amide bonds. The van der Waals surface area contributed by atoms with E-state index in [0.29, 0.717) is 12.6 Å². The van der Waals surface area contributed by atoms with Crippen molar-refractivity contribution in [1.82, 2.24) is 5.32 Å². The molecule has 0 fully saturated rings. The van der Waals surface area contributed by atoms with Gasteiger partial charge in [0.2, 0.25) is 5.91 Å². The third-order valence-corrected chi connectivity index (χ3v) is 2.78. The average molecular weight is 300 g/mol. The summed E-state index contributed by atoms with van der Waals surface area (Å²) < 4.78 is 31.5. The van der Waals surface area contributed by atoms with Gasteiger partial charge in [-0.2, -0.15) is 0 Å². The first-order valence-electron chi connectivity index (χ1n) is 6.49. The van der Waals surface area contributed by atoms with Crippen LogP contribution >= 0.6 is 0 Å². The van der Waals surface area contributed by atoms with E-state index in [1.54, 1.807) is 0 Å². The van der Waals surface area contributed by atoms with Gasteiger partial charge in [0.15, 0.2) is 0 Å². The summed E-state index contributed by atoms with van der Waals surface area (Å²) in [7, 11) is 1.08. The Morgan fingerprint density at radius 1 is 1.29 bits per heavy atom. The summed E-state index contributed by atoms with van der Waals surface area (Å²) in [5, 5.41) is 5.35. The number of nitrogens with one attached hydrogen (secondary N) is 2. The highest BCUT2D eigenvalue weighted by Gasteiger charge is 2.18. The lowest BCUT2D eigenvalue weighted by Gasteiger charge is -2.13. The zero-order valence-electron chi connectivity index (χ0n) is 12.1. The molecule has 0 saturated heterocycles. The van der Waals surface area contributed by atoms with Gasteiger partial charge in [0.1, 0.15) is 11.6 Å². The molecule has 1 aromatic carbocycles. The summed E-state index contributed by atoms with van der Waals surface area (Å²) in [6, 6.07) is 1.38. The number of ether oxygens (including phenoxy) is 1. The van der Waals surface area contributed by atoms with E-state index in [1.165, 1.54) is 0 Å². The largest absolute Gasteiger partial charge is 0.465 e. The van der Waals surface area contributed by atoms with Crippen LogP contribution in [0.5, 0.6) is 0 Å². The lowest BCUT2D eigenvalue weighted by Crippen LogP contribution is -2.30. The second-order valence-electron chi connectivity index (χ2n) is 4.51. The van der Waals surface area contributed by atoms with Crippen LogP contribution in [-0.2, 0) is 9.53 Å². The number of benzene rings is 1. The Morgan fingerprint density at radius 2 is 1.95 bits per heavy atom. The van der Waals surface area contributed by atoms with Gasteiger partial charge in [-0.15, -0.1) is 0 Å². The number of esters is 1. The molecule has 0 aliphatic heterocycles. The molecule has 7 heteroatoms. The molecule has 0 spiro atoms. The summed E-state index contributed by atoms with van der Waals surface area (Å²) >= 11 is 0. The standard InChI is InChI=1S/C14H18F2N2O3/c1-4-17-8(2)5-13(19)18-12-6-9(14(20)21-3)10(15)7-11(12)16/h6-8,17H,4-5H2,1-3H3,(H,18,19). The molecule has 116 valence electrons. The highest BCUT2D eigenvalue weighted by atomic mass is 19.1. The third kappa shape index (κ3) is 4.78. The lowest BCUT2D eigenvalue weighted by molar-refractivity contribution is -0.116. The predicted octanol–water partition coefficient (Wildman–Crippen LogP) is 2.08. The summed E-state index contributed by atoms with van der Waals surface area (Å²) in [5.41, 5.74) is -0.695. The van der Waals surface area contributed by atoms with Gasteiger partial charge >= 0.3 is 5.97 Å². The van der Waals surface area contributed by atoms with Crippen molar-refractivity contribution in [3.8, 4) is 0 Å². The Morgan fingerprint density at radius 3 is 2.52 bits per heavy atom. The minimum Gasteiger partial charge on any atom is -0.465 e. The highest BCUT2D eigenvalue weighted by Crippen LogP contribution is 2.20. The number of amides is 1. The summed E-state index contributed by atoms with van der Waals surface area (Å²) in [5.74, 6) is -3.38. The molecule has 0 aliphatic rings. The minimum atomic E-state index is -1.04. The Balaban J connectivity index is 2.88. The molecule has 1 atom stereocenters. The fourth-order valence-corrected chi connectivity index (χ4v) is 1.81. The summed E-state index contributed by atoms with van der Waals surface area (Å²) in [6.45, 7) is 4.41. The number of halogens is 2. The van der Waals surface area contributed by atoms with E-state index >= 15 is 0 Å². The van der Waals surface area contributed by atoms with Crippen molar-refractivity contribution in [3.63, 3.8) is 0 Å². The fraction of sp³-hybridized carbons (Fsp3) is 0.429. The maximum Gasteiger partial charge on any atom is 0.340 e. The molecule has 0 bridgehead atoms. The Labute approximate surface area is 121 Å². The molecule has 1 aromatic rings. The van der Waals surface area contributed by atoms with E-state index in [0.717, 1.165) is 13.2 Å². The zero-order valence-corrected chi connectivity index (χ0v) is 12.1. The second-order valence-corrected chi connectivity index (χ2v) is 4.51. The van der Waals surface area contributed by atoms with Crippen LogP contribution in [0.2, 0.25) is 0 Å². The monoisotopic (exact) mass is 300 g/mol. The smallest absolute Gasteiger partial charge is 0.340 e. The van der Waals surface area contributed by atoms with Gasteiger partial charge in [0.25, 0.3) is 0 Å². The van der Waals surface area contributed by atoms with Crippen LogP contribution < -0.4 is 10.6 Å². The van der Waals surface area contributed by atoms with Crippen LogP contribution in [0.15, 0.2) is 12.1 Å². The topological polar surface area (TPSA) is 67.4 Å². The molecule has 1 unspecified atom stereocenters. The van der Waals surface area contributed by atoms with Crippen molar-refractivity contribution in [2.45, 2.75) is 26.3 Å². The quantitative estimate of drug-likeness (QED) is 0.789. The summed E-state index contributed by atoms with van der Waals surface area (Å²) in [6.07, 6.45) is 0.123. The predicted molar refractivity (Wildman–Crippen MR) is 74.1 cm³/mol. The number of carbonyl (C=O) groups excluding carboxylic acids is 2. The van der Waals surface area contributed by atoms with Gasteiger partial charge in [0, 0.05) is 18.5 Å². The number of rotatable bonds is 6. The van der Waals surface area contributed by atoms with E-state index in [-0.39, 0.29) is 18.2 Å². The van der Waals surface area contributed by atoms with Gasteiger partial charge in [-0.1, -0.05) is 6.92 Å². The SMILES string of the molecule is CCNC(C)CC(=O)Nc1cc(C(=O)OC)c(F)cc1F. The first-order valence-corrected chi connectivity index (χ1v) is 6.49. The number of hydrogen-bond acceptors (Lipinski definition) is 4. The Bertz CT molecular complexity index is 535. The van der Waals surface area contributed by atoms with Crippen molar-refractivity contribution in [3.05, 3.63) is 29.3 Å². The molecular weight excluding hydrogens is 282 g/mol. The minimum absolute atomic E-state index is 0.0846. The molecular formula is C14H18F2N2O3. The normalized spacial score (nSPS) is 11.9. The Hall–Kier alpha value is -2.02. The number of hydrogen-bond donors (Lipinski definition) is 2. The summed E-state index contributed by atoms with van der Waals surface area (Å²) in [4.78, 5) is 23.1. The van der Waals surface area contributed by atoms with Gasteiger partial charge < -0.3 is 15.4 Å². The molecule has 5 nitrogen and oxygen atoms in total. The molecule has 0 aliphatic carbocycles. The van der Waals surface area contributed by atoms with E-state index in [2.05, 4.69) is 15.4 Å². The molecule has 1 rings (SSSR count). The van der Waals surface area contributed by atoms with E-state index in [4.69, 9.17) is 0 Å². The van der Waals surface area contributed by atoms with E-state index in [1.807, 2.05) is 13.8 Å². The van der Waals surface area contributed by atoms with Crippen LogP contribution in [0, 0.1) is 11.6 Å². The van der Waals surface area contributed by atoms with Crippen LogP contribution in [-0.4, -0.2) is 31.6 Å².